The summed E-state index contributed by atoms with van der Waals surface area (Å²) in [7, 11) is 0. The van der Waals surface area contributed by atoms with Gasteiger partial charge in [0.25, 0.3) is 0 Å². The van der Waals surface area contributed by atoms with Gasteiger partial charge in [-0.05, 0) is 29.8 Å². The van der Waals surface area contributed by atoms with Crippen LogP contribution in [0.25, 0.3) is 0 Å². The molecule has 0 atom stereocenters. The Labute approximate surface area is 103 Å². The minimum absolute atomic E-state index is 0.550. The van der Waals surface area contributed by atoms with Gasteiger partial charge in [-0.3, -0.25) is 0 Å². The van der Waals surface area contributed by atoms with Gasteiger partial charge in [-0.1, -0.05) is 29.3 Å². The molecule has 3 rings (SSSR count). The topological polar surface area (TPSA) is 15.6 Å². The number of rotatable bonds is 0. The fourth-order valence-corrected chi connectivity index (χ4v) is 2.16. The third kappa shape index (κ3) is 1.55. The van der Waals surface area contributed by atoms with E-state index in [1.54, 1.807) is 0 Å². The van der Waals surface area contributed by atoms with Crippen molar-refractivity contribution in [3.63, 3.8) is 0 Å². The van der Waals surface area contributed by atoms with Gasteiger partial charge >= 0.3 is 0 Å². The summed E-state index contributed by atoms with van der Waals surface area (Å²) in [6.07, 6.45) is 7.94. The molecule has 0 bridgehead atoms. The van der Waals surface area contributed by atoms with Crippen molar-refractivity contribution < 1.29 is 0 Å². The second kappa shape index (κ2) is 3.65. The van der Waals surface area contributed by atoms with Crippen LogP contribution in [0.5, 0.6) is 0 Å². The summed E-state index contributed by atoms with van der Waals surface area (Å²) in [4.78, 5) is 6.61. The summed E-state index contributed by atoms with van der Waals surface area (Å²) in [6.45, 7) is 0.784. The molecule has 0 spiro atoms. The van der Waals surface area contributed by atoms with Crippen molar-refractivity contribution in [1.29, 1.82) is 0 Å². The molecule has 0 saturated carbocycles. The fourth-order valence-electron chi connectivity index (χ4n) is 1.82. The molecule has 4 heteroatoms. The Balaban J connectivity index is 2.14. The van der Waals surface area contributed by atoms with E-state index in [0.29, 0.717) is 10.0 Å². The van der Waals surface area contributed by atoms with Crippen molar-refractivity contribution in [2.75, 3.05) is 0 Å². The number of nitrogens with zero attached hydrogens (tertiary/aromatic N) is 2. The lowest BCUT2D eigenvalue weighted by Crippen LogP contribution is -2.27. The third-order valence-electron chi connectivity index (χ3n) is 2.61. The summed E-state index contributed by atoms with van der Waals surface area (Å²) < 4.78 is 0. The molecule has 0 fully saturated rings. The van der Waals surface area contributed by atoms with E-state index in [1.165, 1.54) is 0 Å². The monoisotopic (exact) mass is 250 g/mol. The van der Waals surface area contributed by atoms with Crippen LogP contribution < -0.4 is 0 Å². The number of hydrogen-bond donors (Lipinski definition) is 0. The first-order valence-electron chi connectivity index (χ1n) is 4.92. The quantitative estimate of drug-likeness (QED) is 0.682. The predicted molar refractivity (Wildman–Crippen MR) is 67.4 cm³/mol. The minimum Gasteiger partial charge on any atom is -0.329 e. The first-order chi connectivity index (χ1) is 7.74. The van der Waals surface area contributed by atoms with Crippen molar-refractivity contribution in [2.45, 2.75) is 6.54 Å². The van der Waals surface area contributed by atoms with E-state index < -0.39 is 0 Å². The molecule has 2 nitrogen and oxygen atoms in total. The van der Waals surface area contributed by atoms with Gasteiger partial charge in [-0.15, -0.1) is 0 Å². The molecule has 1 aromatic rings. The maximum absolute atomic E-state index is 5.99. The second-order valence-corrected chi connectivity index (χ2v) is 4.51. The van der Waals surface area contributed by atoms with Gasteiger partial charge in [-0.25, -0.2) is 4.99 Å². The van der Waals surface area contributed by atoms with E-state index in [-0.39, 0.29) is 0 Å². The largest absolute Gasteiger partial charge is 0.329 e. The Hall–Kier alpha value is -1.25. The summed E-state index contributed by atoms with van der Waals surface area (Å²) >= 11 is 12.0. The number of benzene rings is 1. The van der Waals surface area contributed by atoms with Crippen molar-refractivity contribution in [3.05, 3.63) is 52.2 Å². The molecule has 80 valence electrons. The number of halogens is 2. The zero-order chi connectivity index (χ0) is 11.1. The molecule has 0 radical (unpaired) electrons. The number of allylic oxidation sites excluding steroid dienone is 2. The number of amidine groups is 1. The Morgan fingerprint density at radius 2 is 1.94 bits per heavy atom. The Bertz CT molecular complexity index is 544. The Morgan fingerprint density at radius 3 is 2.81 bits per heavy atom. The van der Waals surface area contributed by atoms with Crippen molar-refractivity contribution in [2.24, 2.45) is 4.99 Å². The normalized spacial score (nSPS) is 16.9. The number of hydrogen-bond acceptors (Lipinski definition) is 2. The highest BCUT2D eigenvalue weighted by Crippen LogP contribution is 2.34. The summed E-state index contributed by atoms with van der Waals surface area (Å²) in [5, 5.41) is 1.13. The molecule has 0 amide bonds. The summed E-state index contributed by atoms with van der Waals surface area (Å²) in [5.41, 5.74) is 2.00. The lowest BCUT2D eigenvalue weighted by atomic mass is 10.1. The van der Waals surface area contributed by atoms with Crippen LogP contribution in [0, 0.1) is 0 Å². The first kappa shape index (κ1) is 9.94. The molecule has 2 heterocycles. The van der Waals surface area contributed by atoms with E-state index in [4.69, 9.17) is 23.2 Å². The van der Waals surface area contributed by atoms with Gasteiger partial charge in [-0.2, -0.15) is 0 Å². The van der Waals surface area contributed by atoms with Crippen LogP contribution in [0.3, 0.4) is 0 Å². The van der Waals surface area contributed by atoms with Crippen molar-refractivity contribution >= 4 is 34.7 Å². The van der Waals surface area contributed by atoms with Crippen LogP contribution in [-0.2, 0) is 6.54 Å². The van der Waals surface area contributed by atoms with Crippen LogP contribution >= 0.6 is 23.2 Å². The Morgan fingerprint density at radius 1 is 1.12 bits per heavy atom. The molecule has 0 saturated heterocycles. The molecule has 0 N–H and O–H groups in total. The molecular formula is C12H8Cl2N2. The molecule has 0 unspecified atom stereocenters. The highest BCUT2D eigenvalue weighted by molar-refractivity contribution is 6.42. The van der Waals surface area contributed by atoms with Crippen molar-refractivity contribution in [1.82, 2.24) is 4.90 Å². The van der Waals surface area contributed by atoms with Crippen molar-refractivity contribution in [3.8, 4) is 0 Å². The zero-order valence-electron chi connectivity index (χ0n) is 8.32. The SMILES string of the molecule is Clc1cc2c(cc1Cl)N=C1C=CC=CN1C2. The third-order valence-corrected chi connectivity index (χ3v) is 3.34. The fraction of sp³-hybridized carbons (Fsp3) is 0.0833. The van der Waals surface area contributed by atoms with Crippen LogP contribution in [0.15, 0.2) is 41.6 Å². The zero-order valence-corrected chi connectivity index (χ0v) is 9.83. The molecule has 16 heavy (non-hydrogen) atoms. The number of aliphatic imine (C=N–C) groups is 1. The highest BCUT2D eigenvalue weighted by atomic mass is 35.5. The van der Waals surface area contributed by atoms with E-state index in [9.17, 15) is 0 Å². The predicted octanol–water partition coefficient (Wildman–Crippen LogP) is 3.92. The standard InChI is InChI=1S/C12H8Cl2N2/c13-9-5-8-7-16-4-2-1-3-12(16)15-11(8)6-10(9)14/h1-6H,7H2. The van der Waals surface area contributed by atoms with Gasteiger partial charge in [0, 0.05) is 6.20 Å². The lowest BCUT2D eigenvalue weighted by Gasteiger charge is -2.27. The van der Waals surface area contributed by atoms with E-state index >= 15 is 0 Å². The van der Waals surface area contributed by atoms with E-state index in [2.05, 4.69) is 9.89 Å². The maximum Gasteiger partial charge on any atom is 0.133 e. The number of fused-ring (bicyclic) bond motifs is 2. The van der Waals surface area contributed by atoms with Crippen LogP contribution in [0.4, 0.5) is 5.69 Å². The average Bonchev–Trinajstić information content (AvgIpc) is 2.28. The first-order valence-corrected chi connectivity index (χ1v) is 5.68. The molecule has 0 aromatic heterocycles. The Kier molecular flexibility index (Phi) is 2.27. The average molecular weight is 251 g/mol. The molecule has 1 aromatic carbocycles. The highest BCUT2D eigenvalue weighted by Gasteiger charge is 2.18. The molecule has 0 aliphatic carbocycles. The van der Waals surface area contributed by atoms with Crippen LogP contribution in [0.1, 0.15) is 5.56 Å². The van der Waals surface area contributed by atoms with E-state index in [0.717, 1.165) is 23.6 Å². The van der Waals surface area contributed by atoms with E-state index in [1.807, 2.05) is 36.6 Å². The van der Waals surface area contributed by atoms with Gasteiger partial charge in [0.1, 0.15) is 5.84 Å². The second-order valence-electron chi connectivity index (χ2n) is 3.69. The molecule has 2 aliphatic heterocycles. The lowest BCUT2D eigenvalue weighted by molar-refractivity contribution is 0.544. The van der Waals surface area contributed by atoms with Gasteiger partial charge < -0.3 is 4.90 Å². The van der Waals surface area contributed by atoms with Crippen LogP contribution in [0.2, 0.25) is 10.0 Å². The minimum atomic E-state index is 0.550. The van der Waals surface area contributed by atoms with Gasteiger partial charge in [0.15, 0.2) is 0 Å². The van der Waals surface area contributed by atoms with Gasteiger partial charge in [0.05, 0.1) is 22.3 Å². The molecule has 2 aliphatic rings. The smallest absolute Gasteiger partial charge is 0.133 e. The summed E-state index contributed by atoms with van der Waals surface area (Å²) in [6, 6.07) is 3.70. The molecular weight excluding hydrogens is 243 g/mol. The maximum atomic E-state index is 5.99. The van der Waals surface area contributed by atoms with Crippen LogP contribution in [-0.4, -0.2) is 10.7 Å². The summed E-state index contributed by atoms with van der Waals surface area (Å²) in [5.74, 6) is 0.938. The van der Waals surface area contributed by atoms with Gasteiger partial charge in [0.2, 0.25) is 0 Å².